The number of methoxy groups -OCH3 is 1. The number of hydrogen-bond donors (Lipinski definition) is 1. The molecule has 1 N–H and O–H groups in total. The summed E-state index contributed by atoms with van der Waals surface area (Å²) in [7, 11) is 1.10. The third-order valence-electron chi connectivity index (χ3n) is 4.88. The highest BCUT2D eigenvalue weighted by Gasteiger charge is 2.61. The van der Waals surface area contributed by atoms with Gasteiger partial charge in [-0.1, -0.05) is 60.7 Å². The van der Waals surface area contributed by atoms with E-state index in [1.807, 2.05) is 12.1 Å². The zero-order valence-corrected chi connectivity index (χ0v) is 16.5. The first-order valence-corrected chi connectivity index (χ1v) is 9.43. The highest BCUT2D eigenvalue weighted by atomic mass is 16.6. The summed E-state index contributed by atoms with van der Waals surface area (Å²) in [6, 6.07) is 17.9. The van der Waals surface area contributed by atoms with E-state index in [0.29, 0.717) is 5.56 Å². The number of hydrogen-bond acceptors (Lipinski definition) is 7. The van der Waals surface area contributed by atoms with Gasteiger partial charge in [-0.2, -0.15) is 0 Å². The van der Waals surface area contributed by atoms with Crippen molar-refractivity contribution in [1.82, 2.24) is 4.90 Å². The number of aliphatic hydroxyl groups excluding tert-OH is 1. The highest BCUT2D eigenvalue weighted by molar-refractivity contribution is 6.07. The van der Waals surface area contributed by atoms with Gasteiger partial charge in [0.2, 0.25) is 5.54 Å². The number of β-amino-alcohol motifs (C(OH)–C–C–N with tert-alkyl or cyclic N) is 1. The Labute approximate surface area is 174 Å². The average Bonchev–Trinajstić information content (AvgIpc) is 3.15. The maximum Gasteiger partial charge on any atom is 0.411 e. The van der Waals surface area contributed by atoms with Crippen LogP contribution in [-0.2, 0) is 37.0 Å². The molecule has 158 valence electrons. The second kappa shape index (κ2) is 9.41. The lowest BCUT2D eigenvalue weighted by molar-refractivity contribution is -0.171. The van der Waals surface area contributed by atoms with E-state index < -0.39 is 29.7 Å². The number of ether oxygens (including phenoxy) is 3. The summed E-state index contributed by atoms with van der Waals surface area (Å²) in [6.07, 6.45) is -2.37. The minimum absolute atomic E-state index is 0.0530. The number of rotatable bonds is 6. The molecule has 2 aromatic carbocycles. The minimum atomic E-state index is -2.11. The van der Waals surface area contributed by atoms with E-state index in [1.54, 1.807) is 48.5 Å². The molecular formula is C22H23NO7. The quantitative estimate of drug-likeness (QED) is 0.439. The Morgan fingerprint density at radius 1 is 0.933 bits per heavy atom. The van der Waals surface area contributed by atoms with Crippen LogP contribution >= 0.6 is 0 Å². The van der Waals surface area contributed by atoms with Gasteiger partial charge in [-0.3, -0.25) is 4.90 Å². The fourth-order valence-corrected chi connectivity index (χ4v) is 3.39. The van der Waals surface area contributed by atoms with Crippen molar-refractivity contribution in [2.45, 2.75) is 31.3 Å². The zero-order chi connectivity index (χ0) is 21.6. The molecule has 0 radical (unpaired) electrons. The van der Waals surface area contributed by atoms with Crippen LogP contribution in [0.25, 0.3) is 0 Å². The first-order valence-electron chi connectivity index (χ1n) is 9.43. The summed E-state index contributed by atoms with van der Waals surface area (Å²) in [5, 5.41) is 10.2. The predicted molar refractivity (Wildman–Crippen MR) is 105 cm³/mol. The summed E-state index contributed by atoms with van der Waals surface area (Å²) in [5.41, 5.74) is -0.667. The van der Waals surface area contributed by atoms with Crippen molar-refractivity contribution in [1.29, 1.82) is 0 Å². The van der Waals surface area contributed by atoms with Crippen LogP contribution in [0.2, 0.25) is 0 Å². The van der Waals surface area contributed by atoms with Gasteiger partial charge in [0.05, 0.1) is 19.8 Å². The number of nitrogens with zero attached hydrogens (tertiary/aromatic N) is 1. The Balaban J connectivity index is 1.79. The molecule has 1 saturated heterocycles. The normalized spacial score (nSPS) is 20.5. The van der Waals surface area contributed by atoms with Crippen molar-refractivity contribution < 1.29 is 33.7 Å². The Hall–Kier alpha value is -3.39. The van der Waals surface area contributed by atoms with E-state index in [1.165, 1.54) is 0 Å². The molecule has 0 unspecified atom stereocenters. The Bertz CT molecular complexity index is 887. The van der Waals surface area contributed by atoms with E-state index in [4.69, 9.17) is 14.2 Å². The van der Waals surface area contributed by atoms with E-state index >= 15 is 0 Å². The Morgan fingerprint density at radius 3 is 2.00 bits per heavy atom. The molecule has 2 atom stereocenters. The van der Waals surface area contributed by atoms with Crippen LogP contribution in [0.1, 0.15) is 17.5 Å². The van der Waals surface area contributed by atoms with E-state index in [9.17, 15) is 19.5 Å². The molecule has 0 bridgehead atoms. The van der Waals surface area contributed by atoms with Crippen molar-refractivity contribution in [3.63, 3.8) is 0 Å². The molecule has 8 nitrogen and oxygen atoms in total. The van der Waals surface area contributed by atoms with E-state index in [0.717, 1.165) is 17.6 Å². The predicted octanol–water partition coefficient (Wildman–Crippen LogP) is 2.04. The fraction of sp³-hybridized carbons (Fsp3) is 0.318. The molecule has 3 rings (SSSR count). The third-order valence-corrected chi connectivity index (χ3v) is 4.88. The summed E-state index contributed by atoms with van der Waals surface area (Å²) in [6.45, 7) is -0.410. The van der Waals surface area contributed by atoms with Gasteiger partial charge in [0, 0.05) is 6.42 Å². The van der Waals surface area contributed by atoms with Crippen molar-refractivity contribution in [3.05, 3.63) is 71.8 Å². The van der Waals surface area contributed by atoms with Crippen LogP contribution in [0.3, 0.4) is 0 Å². The molecule has 0 aromatic heterocycles. The van der Waals surface area contributed by atoms with Gasteiger partial charge in [-0.25, -0.2) is 14.4 Å². The van der Waals surface area contributed by atoms with Crippen molar-refractivity contribution in [2.24, 2.45) is 0 Å². The molecule has 30 heavy (non-hydrogen) atoms. The van der Waals surface area contributed by atoms with Crippen LogP contribution in [-0.4, -0.2) is 53.3 Å². The molecule has 0 saturated carbocycles. The average molecular weight is 413 g/mol. The van der Waals surface area contributed by atoms with Crippen LogP contribution in [0, 0.1) is 0 Å². The maximum absolute atomic E-state index is 13.0. The van der Waals surface area contributed by atoms with Crippen LogP contribution < -0.4 is 0 Å². The van der Waals surface area contributed by atoms with Gasteiger partial charge >= 0.3 is 18.0 Å². The molecule has 1 aliphatic rings. The topological polar surface area (TPSA) is 102 Å². The minimum Gasteiger partial charge on any atom is -0.467 e. The molecule has 1 fully saturated rings. The van der Waals surface area contributed by atoms with Gasteiger partial charge in [-0.05, 0) is 11.1 Å². The second-order valence-corrected chi connectivity index (χ2v) is 6.92. The number of benzene rings is 2. The molecule has 8 heteroatoms. The van der Waals surface area contributed by atoms with Crippen LogP contribution in [0.5, 0.6) is 0 Å². The first-order chi connectivity index (χ1) is 14.5. The maximum atomic E-state index is 13.0. The van der Waals surface area contributed by atoms with E-state index in [2.05, 4.69) is 0 Å². The van der Waals surface area contributed by atoms with Gasteiger partial charge < -0.3 is 19.3 Å². The number of aliphatic hydroxyl groups is 1. The standard InChI is InChI=1S/C22H23NO7/c1-28-19(25)22(20(26)29-14-16-8-4-2-5-9-16)12-18(24)13-23(22)21(27)30-15-17-10-6-3-7-11-17/h2-11,18,24H,12-15H2,1H3/t18-,22+/m1/s1. The van der Waals surface area contributed by atoms with Crippen LogP contribution in [0.4, 0.5) is 4.79 Å². The zero-order valence-electron chi connectivity index (χ0n) is 16.5. The Morgan fingerprint density at radius 2 is 1.47 bits per heavy atom. The molecular weight excluding hydrogens is 390 g/mol. The molecule has 1 aliphatic heterocycles. The van der Waals surface area contributed by atoms with Gasteiger partial charge in [0.25, 0.3) is 0 Å². The molecule has 1 heterocycles. The lowest BCUT2D eigenvalue weighted by Crippen LogP contribution is -2.59. The van der Waals surface area contributed by atoms with Gasteiger partial charge in [0.1, 0.15) is 13.2 Å². The number of carbonyl (C=O) groups is 3. The van der Waals surface area contributed by atoms with Gasteiger partial charge in [-0.15, -0.1) is 0 Å². The second-order valence-electron chi connectivity index (χ2n) is 6.92. The number of likely N-dealkylation sites (tertiary alicyclic amines) is 1. The highest BCUT2D eigenvalue weighted by Crippen LogP contribution is 2.33. The van der Waals surface area contributed by atoms with Crippen molar-refractivity contribution >= 4 is 18.0 Å². The largest absolute Gasteiger partial charge is 0.467 e. The first kappa shape index (κ1) is 21.3. The SMILES string of the molecule is COC(=O)[C@]1(C(=O)OCc2ccccc2)C[C@@H](O)CN1C(=O)OCc1ccccc1. The molecule has 2 aromatic rings. The van der Waals surface area contributed by atoms with Crippen LogP contribution in [0.15, 0.2) is 60.7 Å². The summed E-state index contributed by atoms with van der Waals surface area (Å²) in [4.78, 5) is 39.3. The number of esters is 2. The summed E-state index contributed by atoms with van der Waals surface area (Å²) >= 11 is 0. The molecule has 0 spiro atoms. The smallest absolute Gasteiger partial charge is 0.411 e. The van der Waals surface area contributed by atoms with Crippen molar-refractivity contribution in [3.8, 4) is 0 Å². The summed E-state index contributed by atoms with van der Waals surface area (Å²) in [5.74, 6) is -1.97. The Kier molecular flexibility index (Phi) is 6.68. The molecule has 0 aliphatic carbocycles. The number of amides is 1. The van der Waals surface area contributed by atoms with Crippen molar-refractivity contribution in [2.75, 3.05) is 13.7 Å². The third kappa shape index (κ3) is 4.44. The fourth-order valence-electron chi connectivity index (χ4n) is 3.39. The van der Waals surface area contributed by atoms with E-state index in [-0.39, 0.29) is 26.2 Å². The number of carbonyl (C=O) groups excluding carboxylic acids is 3. The van der Waals surface area contributed by atoms with Gasteiger partial charge in [0.15, 0.2) is 0 Å². The lowest BCUT2D eigenvalue weighted by atomic mass is 9.95. The monoisotopic (exact) mass is 413 g/mol. The molecule has 1 amide bonds. The lowest BCUT2D eigenvalue weighted by Gasteiger charge is -2.32. The summed E-state index contributed by atoms with van der Waals surface area (Å²) < 4.78 is 15.4.